The molecule has 0 fully saturated rings. The zero-order valence-electron chi connectivity index (χ0n) is 9.79. The van der Waals surface area contributed by atoms with Crippen LogP contribution in [0, 0.1) is 5.92 Å². The van der Waals surface area contributed by atoms with E-state index in [1.54, 1.807) is 0 Å². The first-order valence-corrected chi connectivity index (χ1v) is 6.68. The van der Waals surface area contributed by atoms with Gasteiger partial charge in [-0.25, -0.2) is 0 Å². The summed E-state index contributed by atoms with van der Waals surface area (Å²) in [5.41, 5.74) is 2.16. The maximum Gasteiger partial charge on any atom is 0.224 e. The summed E-state index contributed by atoms with van der Waals surface area (Å²) in [6, 6.07) is 8.00. The molecule has 2 nitrogen and oxygen atoms in total. The van der Waals surface area contributed by atoms with Crippen LogP contribution in [0.15, 0.2) is 24.3 Å². The Kier molecular flexibility index (Phi) is 5.53. The van der Waals surface area contributed by atoms with Crippen LogP contribution in [0.5, 0.6) is 0 Å². The predicted octanol–water partition coefficient (Wildman–Crippen LogP) is 3.61. The van der Waals surface area contributed by atoms with Crippen molar-refractivity contribution in [3.05, 3.63) is 29.8 Å². The quantitative estimate of drug-likeness (QED) is 0.822. The van der Waals surface area contributed by atoms with Crippen molar-refractivity contribution in [2.45, 2.75) is 26.7 Å². The van der Waals surface area contributed by atoms with E-state index in [2.05, 4.69) is 21.2 Å². The van der Waals surface area contributed by atoms with Crippen LogP contribution in [0.4, 0.5) is 5.69 Å². The van der Waals surface area contributed by atoms with E-state index in [1.807, 2.05) is 38.1 Å². The van der Waals surface area contributed by atoms with Crippen LogP contribution in [0.2, 0.25) is 0 Å². The smallest absolute Gasteiger partial charge is 0.224 e. The molecule has 1 N–H and O–H groups in total. The largest absolute Gasteiger partial charge is 0.326 e. The van der Waals surface area contributed by atoms with Gasteiger partial charge in [-0.15, -0.1) is 0 Å². The lowest BCUT2D eigenvalue weighted by Gasteiger charge is -2.07. The summed E-state index contributed by atoms with van der Waals surface area (Å²) < 4.78 is 0. The van der Waals surface area contributed by atoms with E-state index in [1.165, 1.54) is 5.56 Å². The Hall–Kier alpha value is -0.830. The van der Waals surface area contributed by atoms with Crippen molar-refractivity contribution in [2.75, 3.05) is 10.6 Å². The number of carbonyl (C=O) groups excluding carboxylic acids is 1. The van der Waals surface area contributed by atoms with Gasteiger partial charge in [-0.05, 0) is 30.0 Å². The van der Waals surface area contributed by atoms with Crippen LogP contribution in [0.1, 0.15) is 25.8 Å². The first-order chi connectivity index (χ1) is 7.61. The van der Waals surface area contributed by atoms with E-state index in [9.17, 15) is 4.79 Å². The van der Waals surface area contributed by atoms with Crippen LogP contribution < -0.4 is 5.32 Å². The molecule has 0 radical (unpaired) electrons. The van der Waals surface area contributed by atoms with Crippen molar-refractivity contribution in [3.8, 4) is 0 Å². The number of hydrogen-bond donors (Lipinski definition) is 1. The number of rotatable bonds is 5. The molecule has 1 aromatic rings. The van der Waals surface area contributed by atoms with Gasteiger partial charge in [0.2, 0.25) is 5.91 Å². The SMILES string of the molecule is CC(C)CC(=O)Nc1ccc(CCBr)cc1. The molecule has 0 aliphatic heterocycles. The lowest BCUT2D eigenvalue weighted by atomic mass is 10.1. The third-order valence-electron chi connectivity index (χ3n) is 2.21. The summed E-state index contributed by atoms with van der Waals surface area (Å²) in [6.45, 7) is 4.08. The van der Waals surface area contributed by atoms with E-state index in [4.69, 9.17) is 0 Å². The molecule has 3 heteroatoms. The highest BCUT2D eigenvalue weighted by molar-refractivity contribution is 9.09. The number of hydrogen-bond acceptors (Lipinski definition) is 1. The van der Waals surface area contributed by atoms with Crippen LogP contribution >= 0.6 is 15.9 Å². The monoisotopic (exact) mass is 283 g/mol. The fraction of sp³-hybridized carbons (Fsp3) is 0.462. The molecule has 1 amide bonds. The van der Waals surface area contributed by atoms with Gasteiger partial charge in [0.15, 0.2) is 0 Å². The molecule has 0 saturated carbocycles. The van der Waals surface area contributed by atoms with Crippen molar-refractivity contribution in [2.24, 2.45) is 5.92 Å². The molecule has 0 aliphatic rings. The zero-order valence-corrected chi connectivity index (χ0v) is 11.4. The van der Waals surface area contributed by atoms with Gasteiger partial charge in [-0.1, -0.05) is 41.9 Å². The first-order valence-electron chi connectivity index (χ1n) is 5.56. The minimum Gasteiger partial charge on any atom is -0.326 e. The Morgan fingerprint density at radius 1 is 1.31 bits per heavy atom. The molecule has 0 aliphatic carbocycles. The molecule has 1 rings (SSSR count). The molecule has 16 heavy (non-hydrogen) atoms. The summed E-state index contributed by atoms with van der Waals surface area (Å²) in [5, 5.41) is 3.86. The molecule has 0 saturated heterocycles. The third kappa shape index (κ3) is 4.79. The van der Waals surface area contributed by atoms with Crippen molar-refractivity contribution in [1.29, 1.82) is 0 Å². The summed E-state index contributed by atoms with van der Waals surface area (Å²) in [6.07, 6.45) is 1.59. The summed E-state index contributed by atoms with van der Waals surface area (Å²) >= 11 is 3.40. The molecule has 1 aromatic carbocycles. The van der Waals surface area contributed by atoms with E-state index in [-0.39, 0.29) is 5.91 Å². The Bertz CT molecular complexity index is 332. The second-order valence-corrected chi connectivity index (χ2v) is 5.08. The lowest BCUT2D eigenvalue weighted by Crippen LogP contribution is -2.13. The van der Waals surface area contributed by atoms with Crippen molar-refractivity contribution >= 4 is 27.5 Å². The summed E-state index contributed by atoms with van der Waals surface area (Å²) in [4.78, 5) is 11.5. The number of alkyl halides is 1. The highest BCUT2D eigenvalue weighted by Gasteiger charge is 2.04. The van der Waals surface area contributed by atoms with Crippen molar-refractivity contribution in [1.82, 2.24) is 0 Å². The molecule has 0 heterocycles. The number of carbonyl (C=O) groups is 1. The minimum atomic E-state index is 0.0863. The second-order valence-electron chi connectivity index (χ2n) is 4.28. The zero-order chi connectivity index (χ0) is 12.0. The number of halogens is 1. The van der Waals surface area contributed by atoms with E-state index in [0.29, 0.717) is 12.3 Å². The van der Waals surface area contributed by atoms with Gasteiger partial charge in [0.25, 0.3) is 0 Å². The van der Waals surface area contributed by atoms with Crippen LogP contribution in [0.25, 0.3) is 0 Å². The fourth-order valence-corrected chi connectivity index (χ4v) is 1.90. The van der Waals surface area contributed by atoms with Gasteiger partial charge in [0.1, 0.15) is 0 Å². The lowest BCUT2D eigenvalue weighted by molar-refractivity contribution is -0.116. The maximum atomic E-state index is 11.5. The molecule has 0 atom stereocenters. The van der Waals surface area contributed by atoms with Gasteiger partial charge in [0.05, 0.1) is 0 Å². The van der Waals surface area contributed by atoms with Gasteiger partial charge in [0, 0.05) is 17.4 Å². The normalized spacial score (nSPS) is 10.5. The molecule has 0 spiro atoms. The summed E-state index contributed by atoms with van der Waals surface area (Å²) in [7, 11) is 0. The fourth-order valence-electron chi connectivity index (χ4n) is 1.45. The average Bonchev–Trinajstić information content (AvgIpc) is 2.20. The standard InChI is InChI=1S/C13H18BrNO/c1-10(2)9-13(16)15-12-5-3-11(4-6-12)7-8-14/h3-6,10H,7-9H2,1-2H3,(H,15,16). The van der Waals surface area contributed by atoms with Crippen LogP contribution in [-0.4, -0.2) is 11.2 Å². The van der Waals surface area contributed by atoms with Gasteiger partial charge < -0.3 is 5.32 Å². The Labute approximate surface area is 106 Å². The molecule has 88 valence electrons. The topological polar surface area (TPSA) is 29.1 Å². The molecule has 0 bridgehead atoms. The Morgan fingerprint density at radius 3 is 2.44 bits per heavy atom. The van der Waals surface area contributed by atoms with Crippen LogP contribution in [-0.2, 0) is 11.2 Å². The highest BCUT2D eigenvalue weighted by Crippen LogP contribution is 2.12. The number of amides is 1. The molecular weight excluding hydrogens is 266 g/mol. The number of anilines is 1. The maximum absolute atomic E-state index is 11.5. The van der Waals surface area contributed by atoms with E-state index >= 15 is 0 Å². The first kappa shape index (κ1) is 13.2. The highest BCUT2D eigenvalue weighted by atomic mass is 79.9. The van der Waals surface area contributed by atoms with Crippen molar-refractivity contribution in [3.63, 3.8) is 0 Å². The predicted molar refractivity (Wildman–Crippen MR) is 72.0 cm³/mol. The molecule has 0 unspecified atom stereocenters. The van der Waals surface area contributed by atoms with E-state index < -0.39 is 0 Å². The van der Waals surface area contributed by atoms with Crippen LogP contribution in [0.3, 0.4) is 0 Å². The number of nitrogens with one attached hydrogen (secondary N) is 1. The molecular formula is C13H18BrNO. The summed E-state index contributed by atoms with van der Waals surface area (Å²) in [5.74, 6) is 0.482. The Balaban J connectivity index is 2.51. The average molecular weight is 284 g/mol. The second kappa shape index (κ2) is 6.69. The van der Waals surface area contributed by atoms with Crippen molar-refractivity contribution < 1.29 is 4.79 Å². The van der Waals surface area contributed by atoms with Gasteiger partial charge in [-0.2, -0.15) is 0 Å². The van der Waals surface area contributed by atoms with Gasteiger partial charge in [-0.3, -0.25) is 4.79 Å². The van der Waals surface area contributed by atoms with E-state index in [0.717, 1.165) is 17.4 Å². The Morgan fingerprint density at radius 2 is 1.94 bits per heavy atom. The third-order valence-corrected chi connectivity index (χ3v) is 2.61. The molecule has 0 aromatic heterocycles. The number of benzene rings is 1. The minimum absolute atomic E-state index is 0.0863. The van der Waals surface area contributed by atoms with Gasteiger partial charge >= 0.3 is 0 Å². The number of aryl methyl sites for hydroxylation is 1.